The molecule has 2 aliphatic rings. The van der Waals surface area contributed by atoms with Crippen LogP contribution in [0.5, 0.6) is 0 Å². The predicted octanol–water partition coefficient (Wildman–Crippen LogP) is 5.57. The van der Waals surface area contributed by atoms with Crippen molar-refractivity contribution >= 4 is 38.9 Å². The van der Waals surface area contributed by atoms with Crippen LogP contribution >= 0.6 is 23.1 Å². The van der Waals surface area contributed by atoms with Gasteiger partial charge in [-0.3, -0.25) is 9.29 Å². The molecule has 1 N–H and O–H groups in total. The summed E-state index contributed by atoms with van der Waals surface area (Å²) in [6, 6.07) is 17.0. The number of unbranched alkanes of at least 4 members (excludes halogenated alkanes) is 1. The number of nitrogens with zero attached hydrogens (tertiary/aromatic N) is 2. The van der Waals surface area contributed by atoms with E-state index in [2.05, 4.69) is 34.0 Å². The highest BCUT2D eigenvalue weighted by Gasteiger charge is 2.26. The average molecular weight is 514 g/mol. The Kier molecular flexibility index (Phi) is 7.45. The van der Waals surface area contributed by atoms with Gasteiger partial charge in [-0.25, -0.2) is 13.2 Å². The van der Waals surface area contributed by atoms with Crippen LogP contribution in [0.2, 0.25) is 0 Å². The largest absolute Gasteiger partial charge is 0.354 e. The molecular formula is C25H27N3O3S3. The predicted molar refractivity (Wildman–Crippen MR) is 140 cm³/mol. The van der Waals surface area contributed by atoms with Crippen molar-refractivity contribution in [1.82, 2.24) is 9.55 Å². The Labute approximate surface area is 208 Å². The molecule has 2 aromatic carbocycles. The summed E-state index contributed by atoms with van der Waals surface area (Å²) in [6.45, 7) is 5.72. The zero-order valence-electron chi connectivity index (χ0n) is 19.4. The first-order valence-corrected chi connectivity index (χ1v) is 14.3. The number of anilines is 1. The number of thioether (sulfide) groups is 1. The van der Waals surface area contributed by atoms with Crippen molar-refractivity contribution in [2.24, 2.45) is 0 Å². The average Bonchev–Trinajstić information content (AvgIpc) is 3.13. The first kappa shape index (κ1) is 24.5. The third-order valence-corrected chi connectivity index (χ3v) is 9.52. The molecule has 4 rings (SSSR count). The first-order valence-electron chi connectivity index (χ1n) is 11.1. The van der Waals surface area contributed by atoms with E-state index in [4.69, 9.17) is 0 Å². The van der Waals surface area contributed by atoms with Crippen LogP contribution in [0.15, 0.2) is 68.5 Å². The summed E-state index contributed by atoms with van der Waals surface area (Å²) in [5.74, 6) is 0.946. The van der Waals surface area contributed by atoms with E-state index in [-0.39, 0.29) is 10.7 Å². The number of benzene rings is 2. The number of aromatic nitrogens is 2. The van der Waals surface area contributed by atoms with Crippen LogP contribution in [-0.4, -0.2) is 23.7 Å². The van der Waals surface area contributed by atoms with Crippen LogP contribution in [-0.2, 0) is 16.4 Å². The van der Waals surface area contributed by atoms with Gasteiger partial charge in [0.1, 0.15) is 5.69 Å². The number of fused-ring (bicyclic) bond motifs is 1. The summed E-state index contributed by atoms with van der Waals surface area (Å²) >= 11 is 3.21. The summed E-state index contributed by atoms with van der Waals surface area (Å²) in [5.41, 5.74) is 3.11. The maximum atomic E-state index is 13.0. The minimum atomic E-state index is -3.88. The Bertz CT molecular complexity index is 1410. The van der Waals surface area contributed by atoms with Crippen LogP contribution in [0.4, 0.5) is 5.82 Å². The number of hydrogen-bond donors (Lipinski definition) is 1. The van der Waals surface area contributed by atoms with E-state index >= 15 is 0 Å². The molecule has 2 aromatic rings. The third kappa shape index (κ3) is 5.37. The van der Waals surface area contributed by atoms with E-state index in [9.17, 15) is 13.2 Å². The van der Waals surface area contributed by atoms with Crippen LogP contribution in [0, 0.1) is 20.8 Å². The van der Waals surface area contributed by atoms with Gasteiger partial charge in [0.2, 0.25) is 0 Å². The highest BCUT2D eigenvalue weighted by atomic mass is 32.2. The quantitative estimate of drug-likeness (QED) is 0.234. The Hall–Kier alpha value is -2.62. The maximum absolute atomic E-state index is 13.0. The van der Waals surface area contributed by atoms with E-state index in [0.717, 1.165) is 45.4 Å². The topological polar surface area (TPSA) is 81.1 Å². The molecule has 0 amide bonds. The third-order valence-electron chi connectivity index (χ3n) is 5.63. The fraction of sp³-hybridized carbons (Fsp3) is 0.280. The molecule has 9 heteroatoms. The second-order valence-electron chi connectivity index (χ2n) is 8.17. The fourth-order valence-electron chi connectivity index (χ4n) is 3.63. The molecule has 2 aliphatic heterocycles. The minimum Gasteiger partial charge on any atom is -0.261 e. The van der Waals surface area contributed by atoms with Crippen LogP contribution < -0.4 is 10.4 Å². The van der Waals surface area contributed by atoms with Gasteiger partial charge in [0.25, 0.3) is 10.0 Å². The van der Waals surface area contributed by atoms with Crippen molar-refractivity contribution in [3.63, 3.8) is 0 Å². The molecule has 0 bridgehead atoms. The molecule has 0 saturated heterocycles. The molecule has 6 nitrogen and oxygen atoms in total. The molecule has 0 fully saturated rings. The Morgan fingerprint density at radius 3 is 2.41 bits per heavy atom. The smallest absolute Gasteiger partial charge is 0.261 e. The minimum absolute atomic E-state index is 0.0803. The summed E-state index contributed by atoms with van der Waals surface area (Å²) in [7, 11) is -3.88. The lowest BCUT2D eigenvalue weighted by molar-refractivity contribution is 0.601. The Morgan fingerprint density at radius 2 is 1.71 bits per heavy atom. The number of hydrogen-bond acceptors (Lipinski definition) is 6. The van der Waals surface area contributed by atoms with E-state index in [0.29, 0.717) is 5.69 Å². The van der Waals surface area contributed by atoms with Crippen LogP contribution in [0.3, 0.4) is 0 Å². The van der Waals surface area contributed by atoms with Crippen molar-refractivity contribution in [3.05, 3.63) is 86.8 Å². The summed E-state index contributed by atoms with van der Waals surface area (Å²) < 4.78 is 31.0. The zero-order chi connectivity index (χ0) is 24.3. The van der Waals surface area contributed by atoms with Gasteiger partial charge in [-0.15, -0.1) is 23.1 Å². The van der Waals surface area contributed by atoms with E-state index in [1.54, 1.807) is 47.4 Å². The van der Waals surface area contributed by atoms with Gasteiger partial charge in [0, 0.05) is 10.6 Å². The maximum Gasteiger partial charge on any atom is 0.354 e. The fourth-order valence-corrected chi connectivity index (χ4v) is 7.16. The molecule has 0 aliphatic carbocycles. The number of aryl methyl sites for hydroxylation is 3. The normalized spacial score (nSPS) is 11.7. The van der Waals surface area contributed by atoms with Gasteiger partial charge in [-0.2, -0.15) is 4.98 Å². The van der Waals surface area contributed by atoms with Crippen LogP contribution in [0.1, 0.15) is 34.5 Å². The lowest BCUT2D eigenvalue weighted by atomic mass is 10.1. The number of nitrogens with one attached hydrogen (secondary N) is 1. The summed E-state index contributed by atoms with van der Waals surface area (Å²) in [5, 5.41) is 0. The van der Waals surface area contributed by atoms with Crippen LogP contribution in [0.25, 0.3) is 5.69 Å². The van der Waals surface area contributed by atoms with Crippen molar-refractivity contribution in [3.8, 4) is 5.69 Å². The van der Waals surface area contributed by atoms with Gasteiger partial charge in [0.05, 0.1) is 9.10 Å². The first-order chi connectivity index (χ1) is 16.3. The SMILES string of the molecule is Cc1ccc(S(=O)(=O)Nc2nc(=O)n3c(C)c(C)sc(SCCCCc4ccccc4)c2-3)cc1. The summed E-state index contributed by atoms with van der Waals surface area (Å²) in [6.07, 6.45) is 3.09. The second kappa shape index (κ2) is 10.3. The molecule has 0 atom stereocenters. The van der Waals surface area contributed by atoms with Gasteiger partial charge < -0.3 is 0 Å². The Morgan fingerprint density at radius 1 is 1.00 bits per heavy atom. The standard InChI is InChI=1S/C25H27N3O3S3/c1-17-12-14-21(15-13-17)34(30,31)27-23-22-24(33-19(3)18(2)28(22)25(29)26-23)32-16-8-7-11-20-9-5-4-6-10-20/h4-6,9-10,12-15H,7-8,11,16H2,1-3H3,(H,26,27,29). The molecule has 2 heterocycles. The molecular weight excluding hydrogens is 486 g/mol. The van der Waals surface area contributed by atoms with Gasteiger partial charge in [0.15, 0.2) is 5.82 Å². The number of sulfonamides is 1. The lowest BCUT2D eigenvalue weighted by Crippen LogP contribution is -2.17. The van der Waals surface area contributed by atoms with E-state index in [1.165, 1.54) is 10.1 Å². The Balaban J connectivity index is 1.57. The van der Waals surface area contributed by atoms with Gasteiger partial charge in [-0.05, 0) is 63.5 Å². The highest BCUT2D eigenvalue weighted by Crippen LogP contribution is 2.38. The van der Waals surface area contributed by atoms with Crippen molar-refractivity contribution in [2.45, 2.75) is 49.1 Å². The van der Waals surface area contributed by atoms with Crippen molar-refractivity contribution < 1.29 is 8.42 Å². The van der Waals surface area contributed by atoms with Crippen molar-refractivity contribution in [1.29, 1.82) is 0 Å². The molecule has 0 saturated carbocycles. The highest BCUT2D eigenvalue weighted by molar-refractivity contribution is 8.01. The molecule has 34 heavy (non-hydrogen) atoms. The van der Waals surface area contributed by atoms with Gasteiger partial charge >= 0.3 is 5.69 Å². The lowest BCUT2D eigenvalue weighted by Gasteiger charge is -2.16. The van der Waals surface area contributed by atoms with Crippen molar-refractivity contribution in [2.75, 3.05) is 10.5 Å². The van der Waals surface area contributed by atoms with E-state index in [1.807, 2.05) is 26.8 Å². The molecule has 0 aromatic heterocycles. The van der Waals surface area contributed by atoms with E-state index < -0.39 is 15.7 Å². The molecule has 178 valence electrons. The second-order valence-corrected chi connectivity index (χ2v) is 12.4. The monoisotopic (exact) mass is 513 g/mol. The molecule has 0 radical (unpaired) electrons. The summed E-state index contributed by atoms with van der Waals surface area (Å²) in [4.78, 5) is 17.9. The number of imidazole rings is 1. The molecule has 0 spiro atoms. The molecule has 0 unspecified atom stereocenters. The number of rotatable bonds is 9. The zero-order valence-corrected chi connectivity index (χ0v) is 21.8. The van der Waals surface area contributed by atoms with Gasteiger partial charge in [-0.1, -0.05) is 48.0 Å².